The van der Waals surface area contributed by atoms with E-state index in [-0.39, 0.29) is 29.0 Å². The van der Waals surface area contributed by atoms with E-state index in [4.69, 9.17) is 0 Å². The van der Waals surface area contributed by atoms with Crippen LogP contribution in [-0.4, -0.2) is 20.9 Å². The van der Waals surface area contributed by atoms with Gasteiger partial charge < -0.3 is 5.32 Å². The summed E-state index contributed by atoms with van der Waals surface area (Å²) < 4.78 is 26.2. The molecule has 1 N–H and O–H groups in total. The molecular weight excluding hydrogens is 278 g/mol. The van der Waals surface area contributed by atoms with Crippen LogP contribution in [0.3, 0.4) is 0 Å². The Morgan fingerprint density at radius 2 is 2.14 bits per heavy atom. The zero-order chi connectivity index (χ0) is 14.8. The Bertz CT molecular complexity index is 688. The molecule has 0 spiro atoms. The summed E-state index contributed by atoms with van der Waals surface area (Å²) in [6.45, 7) is -0.849. The smallest absolute Gasteiger partial charge is 0.227 e. The van der Waals surface area contributed by atoms with Crippen LogP contribution in [0.1, 0.15) is 18.5 Å². The Labute approximate surface area is 119 Å². The second kappa shape index (κ2) is 5.51. The van der Waals surface area contributed by atoms with Gasteiger partial charge >= 0.3 is 0 Å². The summed E-state index contributed by atoms with van der Waals surface area (Å²) in [4.78, 5) is 23.5. The van der Waals surface area contributed by atoms with Gasteiger partial charge in [-0.1, -0.05) is 0 Å². The van der Waals surface area contributed by atoms with Crippen LogP contribution < -0.4 is 5.32 Å². The Morgan fingerprint density at radius 3 is 2.81 bits per heavy atom. The fourth-order valence-corrected chi connectivity index (χ4v) is 1.88. The zero-order valence-corrected chi connectivity index (χ0v) is 11.0. The number of nitrogens with zero attached hydrogens (tertiary/aromatic N) is 3. The number of aromatic nitrogens is 3. The number of alkyl halides is 1. The van der Waals surface area contributed by atoms with Crippen molar-refractivity contribution in [1.82, 2.24) is 15.0 Å². The first-order valence-electron chi connectivity index (χ1n) is 6.51. The molecule has 0 radical (unpaired) electrons. The van der Waals surface area contributed by atoms with Crippen LogP contribution in [0.2, 0.25) is 0 Å². The molecule has 5 nitrogen and oxygen atoms in total. The lowest BCUT2D eigenvalue weighted by atomic mass is 10.2. The minimum absolute atomic E-state index is 0.00422. The number of halogens is 2. The summed E-state index contributed by atoms with van der Waals surface area (Å²) >= 11 is 0. The quantitative estimate of drug-likeness (QED) is 0.939. The van der Waals surface area contributed by atoms with Gasteiger partial charge in [0, 0.05) is 17.7 Å². The van der Waals surface area contributed by atoms with Crippen LogP contribution in [0.4, 0.5) is 14.5 Å². The minimum Gasteiger partial charge on any atom is -0.323 e. The van der Waals surface area contributed by atoms with Crippen LogP contribution in [0, 0.1) is 11.7 Å². The normalized spacial score (nSPS) is 14.0. The number of hydrogen-bond acceptors (Lipinski definition) is 4. The average Bonchev–Trinajstić information content (AvgIpc) is 3.32. The number of amides is 1. The van der Waals surface area contributed by atoms with E-state index in [1.165, 1.54) is 18.5 Å². The van der Waals surface area contributed by atoms with E-state index >= 15 is 0 Å². The number of hydrogen-bond donors (Lipinski definition) is 1. The Kier molecular flexibility index (Phi) is 3.55. The zero-order valence-electron chi connectivity index (χ0n) is 11.0. The van der Waals surface area contributed by atoms with Gasteiger partial charge in [-0.2, -0.15) is 0 Å². The van der Waals surface area contributed by atoms with Crippen molar-refractivity contribution in [2.75, 3.05) is 5.32 Å². The van der Waals surface area contributed by atoms with Crippen molar-refractivity contribution in [2.24, 2.45) is 5.92 Å². The van der Waals surface area contributed by atoms with Crippen LogP contribution in [0.15, 0.2) is 24.7 Å². The first kappa shape index (κ1) is 13.5. The Hall–Kier alpha value is -2.44. The largest absolute Gasteiger partial charge is 0.323 e. The third kappa shape index (κ3) is 3.01. The fourth-order valence-electron chi connectivity index (χ4n) is 1.88. The molecule has 0 bridgehead atoms. The van der Waals surface area contributed by atoms with Gasteiger partial charge in [-0.05, 0) is 18.9 Å². The molecule has 1 saturated carbocycles. The lowest BCUT2D eigenvalue weighted by Gasteiger charge is -2.09. The molecule has 1 aliphatic carbocycles. The van der Waals surface area contributed by atoms with E-state index in [0.717, 1.165) is 19.0 Å². The van der Waals surface area contributed by atoms with E-state index < -0.39 is 12.5 Å². The number of pyridine rings is 1. The average molecular weight is 290 g/mol. The molecule has 0 atom stereocenters. The summed E-state index contributed by atoms with van der Waals surface area (Å²) in [5.74, 6) is -0.499. The molecule has 2 aromatic heterocycles. The topological polar surface area (TPSA) is 67.8 Å². The molecule has 1 amide bonds. The first-order chi connectivity index (χ1) is 10.2. The number of carbonyl (C=O) groups is 1. The van der Waals surface area contributed by atoms with Crippen molar-refractivity contribution in [1.29, 1.82) is 0 Å². The molecule has 3 rings (SSSR count). The second-order valence-corrected chi connectivity index (χ2v) is 4.84. The standard InChI is InChI=1S/C14H12F2N4O/c15-4-11-12(20-14(21)8-1-2-8)7-18-13(19-11)9-3-10(16)6-17-5-9/h3,5-8H,1-2,4H2,(H,20,21). The SMILES string of the molecule is O=C(Nc1cnc(-c2cncc(F)c2)nc1CF)C1CC1. The highest BCUT2D eigenvalue weighted by atomic mass is 19.1. The number of anilines is 1. The number of rotatable bonds is 4. The highest BCUT2D eigenvalue weighted by molar-refractivity contribution is 5.94. The van der Waals surface area contributed by atoms with Crippen molar-refractivity contribution in [2.45, 2.75) is 19.5 Å². The lowest BCUT2D eigenvalue weighted by Crippen LogP contribution is -2.15. The molecule has 0 unspecified atom stereocenters. The van der Waals surface area contributed by atoms with Crippen molar-refractivity contribution in [3.63, 3.8) is 0 Å². The van der Waals surface area contributed by atoms with Gasteiger partial charge in [0.05, 0.1) is 23.8 Å². The van der Waals surface area contributed by atoms with Crippen LogP contribution in [-0.2, 0) is 11.5 Å². The molecule has 21 heavy (non-hydrogen) atoms. The van der Waals surface area contributed by atoms with Crippen molar-refractivity contribution in [3.8, 4) is 11.4 Å². The molecule has 108 valence electrons. The predicted octanol–water partition coefficient (Wildman–Crippen LogP) is 2.50. The summed E-state index contributed by atoms with van der Waals surface area (Å²) in [5, 5.41) is 2.62. The van der Waals surface area contributed by atoms with E-state index in [2.05, 4.69) is 20.3 Å². The molecule has 1 fully saturated rings. The van der Waals surface area contributed by atoms with Crippen LogP contribution >= 0.6 is 0 Å². The number of nitrogens with one attached hydrogen (secondary N) is 1. The summed E-state index contributed by atoms with van der Waals surface area (Å²) in [7, 11) is 0. The van der Waals surface area contributed by atoms with E-state index in [1.807, 2.05) is 0 Å². The molecule has 0 aromatic carbocycles. The molecule has 2 aromatic rings. The van der Waals surface area contributed by atoms with Gasteiger partial charge in [0.15, 0.2) is 5.82 Å². The molecule has 7 heteroatoms. The molecule has 0 saturated heterocycles. The van der Waals surface area contributed by atoms with E-state index in [1.54, 1.807) is 0 Å². The van der Waals surface area contributed by atoms with Crippen molar-refractivity contribution >= 4 is 11.6 Å². The highest BCUT2D eigenvalue weighted by Gasteiger charge is 2.30. The fraction of sp³-hybridized carbons (Fsp3) is 0.286. The Balaban J connectivity index is 1.89. The lowest BCUT2D eigenvalue weighted by molar-refractivity contribution is -0.117. The van der Waals surface area contributed by atoms with Gasteiger partial charge in [0.1, 0.15) is 12.5 Å². The first-order valence-corrected chi connectivity index (χ1v) is 6.51. The molecule has 2 heterocycles. The monoisotopic (exact) mass is 290 g/mol. The number of carbonyl (C=O) groups excluding carboxylic acids is 1. The van der Waals surface area contributed by atoms with Gasteiger partial charge in [0.25, 0.3) is 0 Å². The molecule has 0 aliphatic heterocycles. The maximum Gasteiger partial charge on any atom is 0.227 e. The summed E-state index contributed by atoms with van der Waals surface area (Å²) in [5.41, 5.74) is 0.672. The van der Waals surface area contributed by atoms with Gasteiger partial charge in [-0.25, -0.2) is 18.7 Å². The van der Waals surface area contributed by atoms with Crippen molar-refractivity contribution < 1.29 is 13.6 Å². The van der Waals surface area contributed by atoms with Crippen molar-refractivity contribution in [3.05, 3.63) is 36.2 Å². The second-order valence-electron chi connectivity index (χ2n) is 4.84. The summed E-state index contributed by atoms with van der Waals surface area (Å²) in [6, 6.07) is 1.22. The predicted molar refractivity (Wildman–Crippen MR) is 71.4 cm³/mol. The third-order valence-electron chi connectivity index (χ3n) is 3.16. The highest BCUT2D eigenvalue weighted by Crippen LogP contribution is 2.30. The maximum absolute atomic E-state index is 13.1. The molecule has 1 aliphatic rings. The minimum atomic E-state index is -0.849. The Morgan fingerprint density at radius 1 is 1.33 bits per heavy atom. The third-order valence-corrected chi connectivity index (χ3v) is 3.16. The van der Waals surface area contributed by atoms with Gasteiger partial charge in [0.2, 0.25) is 5.91 Å². The van der Waals surface area contributed by atoms with Crippen LogP contribution in [0.25, 0.3) is 11.4 Å². The maximum atomic E-state index is 13.1. The molecular formula is C14H12F2N4O. The van der Waals surface area contributed by atoms with Crippen LogP contribution in [0.5, 0.6) is 0 Å². The van der Waals surface area contributed by atoms with Gasteiger partial charge in [-0.3, -0.25) is 9.78 Å². The summed E-state index contributed by atoms with van der Waals surface area (Å²) in [6.07, 6.45) is 5.49. The van der Waals surface area contributed by atoms with E-state index in [9.17, 15) is 13.6 Å². The van der Waals surface area contributed by atoms with Gasteiger partial charge in [-0.15, -0.1) is 0 Å². The van der Waals surface area contributed by atoms with E-state index in [0.29, 0.717) is 5.56 Å².